The number of rotatable bonds is 3. The monoisotopic (exact) mass is 286 g/mol. The summed E-state index contributed by atoms with van der Waals surface area (Å²) in [5.41, 5.74) is 0.549. The summed E-state index contributed by atoms with van der Waals surface area (Å²) < 4.78 is 0.740. The first-order valence-electron chi connectivity index (χ1n) is 5.70. The molecule has 0 aromatic carbocycles. The molecule has 1 fully saturated rings. The van der Waals surface area contributed by atoms with Crippen LogP contribution in [-0.4, -0.2) is 33.8 Å². The Bertz CT molecular complexity index is 473. The molecule has 0 aliphatic carbocycles. The molecule has 1 amide bonds. The Balaban J connectivity index is 2.06. The van der Waals surface area contributed by atoms with E-state index in [2.05, 4.69) is 10.3 Å². The van der Waals surface area contributed by atoms with Crippen molar-refractivity contribution in [2.45, 2.75) is 35.8 Å². The van der Waals surface area contributed by atoms with Gasteiger partial charge in [0.15, 0.2) is 4.34 Å². The molecule has 0 saturated carbocycles. The van der Waals surface area contributed by atoms with Crippen molar-refractivity contribution in [1.82, 2.24) is 10.3 Å². The number of nitrogens with zero attached hydrogens (tertiary/aromatic N) is 1. The summed E-state index contributed by atoms with van der Waals surface area (Å²) in [7, 11) is 0. The highest BCUT2D eigenvalue weighted by Crippen LogP contribution is 2.33. The van der Waals surface area contributed by atoms with E-state index in [4.69, 9.17) is 5.11 Å². The molecule has 2 rings (SSSR count). The Morgan fingerprint density at radius 2 is 2.39 bits per heavy atom. The van der Waals surface area contributed by atoms with Crippen LogP contribution < -0.4 is 5.32 Å². The Morgan fingerprint density at radius 1 is 1.61 bits per heavy atom. The lowest BCUT2D eigenvalue weighted by Gasteiger charge is -2.09. The summed E-state index contributed by atoms with van der Waals surface area (Å²) >= 11 is 2.71. The molecular weight excluding hydrogens is 272 g/mol. The molecule has 5 nitrogen and oxygen atoms in total. The highest BCUT2D eigenvalue weighted by atomic mass is 32.2. The predicted octanol–water partition coefficient (Wildman–Crippen LogP) is 1.91. The van der Waals surface area contributed by atoms with E-state index in [0.717, 1.165) is 23.7 Å². The van der Waals surface area contributed by atoms with Gasteiger partial charge in [0.25, 0.3) is 0 Å². The van der Waals surface area contributed by atoms with Crippen molar-refractivity contribution in [2.24, 2.45) is 0 Å². The molecular formula is C11H14N2O3S2. The predicted molar refractivity (Wildman–Crippen MR) is 70.3 cm³/mol. The molecule has 0 bridgehead atoms. The van der Waals surface area contributed by atoms with Crippen molar-refractivity contribution < 1.29 is 14.7 Å². The van der Waals surface area contributed by atoms with E-state index in [9.17, 15) is 9.59 Å². The maximum Gasteiger partial charge on any atom is 0.347 e. The Morgan fingerprint density at radius 3 is 3.06 bits per heavy atom. The van der Waals surface area contributed by atoms with Gasteiger partial charge in [-0.15, -0.1) is 11.3 Å². The van der Waals surface area contributed by atoms with E-state index in [-0.39, 0.29) is 16.0 Å². The molecule has 18 heavy (non-hydrogen) atoms. The summed E-state index contributed by atoms with van der Waals surface area (Å²) in [5.74, 6) is -0.868. The second kappa shape index (κ2) is 5.71. The number of thiazole rings is 1. The van der Waals surface area contributed by atoms with Gasteiger partial charge in [0.05, 0.1) is 5.69 Å². The first-order chi connectivity index (χ1) is 8.56. The molecule has 0 radical (unpaired) electrons. The number of carboxylic acids is 1. The zero-order valence-corrected chi connectivity index (χ0v) is 11.6. The van der Waals surface area contributed by atoms with E-state index in [1.807, 2.05) is 0 Å². The molecule has 1 aliphatic rings. The van der Waals surface area contributed by atoms with E-state index >= 15 is 0 Å². The number of carbonyl (C=O) groups is 2. The van der Waals surface area contributed by atoms with Crippen LogP contribution >= 0.6 is 23.1 Å². The zero-order chi connectivity index (χ0) is 13.1. The van der Waals surface area contributed by atoms with E-state index in [1.165, 1.54) is 23.1 Å². The number of carbonyl (C=O) groups excluding carboxylic acids is 1. The molecule has 1 unspecified atom stereocenters. The Hall–Kier alpha value is -1.08. The molecule has 7 heteroatoms. The quantitative estimate of drug-likeness (QED) is 0.887. The van der Waals surface area contributed by atoms with Gasteiger partial charge in [-0.1, -0.05) is 11.8 Å². The summed E-state index contributed by atoms with van der Waals surface area (Å²) in [6.45, 7) is 2.43. The molecule has 1 atom stereocenters. The third-order valence-electron chi connectivity index (χ3n) is 2.68. The fourth-order valence-corrected chi connectivity index (χ4v) is 4.28. The largest absolute Gasteiger partial charge is 0.477 e. The van der Waals surface area contributed by atoms with Crippen LogP contribution in [0.3, 0.4) is 0 Å². The summed E-state index contributed by atoms with van der Waals surface area (Å²) in [4.78, 5) is 26.9. The van der Waals surface area contributed by atoms with E-state index < -0.39 is 5.97 Å². The second-order valence-electron chi connectivity index (χ2n) is 4.14. The van der Waals surface area contributed by atoms with Gasteiger partial charge in [-0.05, 0) is 19.8 Å². The fraction of sp³-hybridized carbons (Fsp3) is 0.545. The minimum Gasteiger partial charge on any atom is -0.477 e. The zero-order valence-electron chi connectivity index (χ0n) is 9.93. The summed E-state index contributed by atoms with van der Waals surface area (Å²) in [6.07, 6.45) is 2.38. The Kier molecular flexibility index (Phi) is 4.23. The maximum atomic E-state index is 11.4. The molecule has 2 heterocycles. The molecule has 1 aliphatic heterocycles. The maximum absolute atomic E-state index is 11.4. The van der Waals surface area contributed by atoms with Crippen LogP contribution in [0.5, 0.6) is 0 Å². The second-order valence-corrected chi connectivity index (χ2v) is 6.68. The van der Waals surface area contributed by atoms with Crippen molar-refractivity contribution in [3.05, 3.63) is 10.6 Å². The van der Waals surface area contributed by atoms with Crippen molar-refractivity contribution in [2.75, 3.05) is 6.54 Å². The molecule has 1 saturated heterocycles. The lowest BCUT2D eigenvalue weighted by Crippen LogP contribution is -2.22. The number of nitrogens with one attached hydrogen (secondary N) is 1. The summed E-state index contributed by atoms with van der Waals surface area (Å²) in [5, 5.41) is 12.0. The van der Waals surface area contributed by atoms with Gasteiger partial charge in [-0.3, -0.25) is 4.79 Å². The minimum absolute atomic E-state index is 0.0664. The van der Waals surface area contributed by atoms with Crippen LogP contribution in [0.15, 0.2) is 4.34 Å². The van der Waals surface area contributed by atoms with Gasteiger partial charge in [0.2, 0.25) is 5.91 Å². The number of aromatic nitrogens is 1. The molecule has 0 spiro atoms. The Labute approximate surface area is 113 Å². The minimum atomic E-state index is -0.935. The van der Waals surface area contributed by atoms with Gasteiger partial charge in [0, 0.05) is 18.2 Å². The number of aromatic carboxylic acids is 1. The molecule has 1 aromatic rings. The third-order valence-corrected chi connectivity index (χ3v) is 5.18. The van der Waals surface area contributed by atoms with Gasteiger partial charge in [0.1, 0.15) is 4.88 Å². The first-order valence-corrected chi connectivity index (χ1v) is 7.40. The van der Waals surface area contributed by atoms with Crippen molar-refractivity contribution in [3.8, 4) is 0 Å². The summed E-state index contributed by atoms with van der Waals surface area (Å²) in [6, 6.07) is 0. The van der Waals surface area contributed by atoms with Gasteiger partial charge >= 0.3 is 5.97 Å². The third kappa shape index (κ3) is 3.23. The SMILES string of the molecule is Cc1nc(SC2CCCNC(=O)C2)sc1C(=O)O. The highest BCUT2D eigenvalue weighted by molar-refractivity contribution is 8.01. The first kappa shape index (κ1) is 13.4. The molecule has 1 aromatic heterocycles. The smallest absolute Gasteiger partial charge is 0.347 e. The normalized spacial score (nSPS) is 20.3. The van der Waals surface area contributed by atoms with Gasteiger partial charge in [-0.25, -0.2) is 9.78 Å². The highest BCUT2D eigenvalue weighted by Gasteiger charge is 2.21. The van der Waals surface area contributed by atoms with Crippen LogP contribution in [0.25, 0.3) is 0 Å². The van der Waals surface area contributed by atoms with Gasteiger partial charge in [-0.2, -0.15) is 0 Å². The van der Waals surface area contributed by atoms with Crippen LogP contribution in [0.2, 0.25) is 0 Å². The van der Waals surface area contributed by atoms with Crippen molar-refractivity contribution >= 4 is 35.0 Å². The topological polar surface area (TPSA) is 79.3 Å². The van der Waals surface area contributed by atoms with Crippen molar-refractivity contribution in [1.29, 1.82) is 0 Å². The van der Waals surface area contributed by atoms with Crippen LogP contribution in [0.1, 0.15) is 34.6 Å². The number of hydrogen-bond acceptors (Lipinski definition) is 5. The number of aryl methyl sites for hydroxylation is 1. The number of thioether (sulfide) groups is 1. The van der Waals surface area contributed by atoms with Gasteiger partial charge < -0.3 is 10.4 Å². The average Bonchev–Trinajstić information content (AvgIpc) is 2.52. The van der Waals surface area contributed by atoms with Crippen LogP contribution in [0, 0.1) is 6.92 Å². The van der Waals surface area contributed by atoms with Crippen molar-refractivity contribution in [3.63, 3.8) is 0 Å². The lowest BCUT2D eigenvalue weighted by molar-refractivity contribution is -0.120. The number of amides is 1. The molecule has 98 valence electrons. The standard InChI is InChI=1S/C11H14N2O3S2/c1-6-9(10(15)16)18-11(13-6)17-7-3-2-4-12-8(14)5-7/h7H,2-5H2,1H3,(H,12,14)(H,15,16). The van der Waals surface area contributed by atoms with Crippen LogP contribution in [0.4, 0.5) is 0 Å². The number of carboxylic acid groups (broad SMARTS) is 1. The van der Waals surface area contributed by atoms with Crippen LogP contribution in [-0.2, 0) is 4.79 Å². The molecule has 2 N–H and O–H groups in total. The van der Waals surface area contributed by atoms with E-state index in [1.54, 1.807) is 6.92 Å². The average molecular weight is 286 g/mol. The fourth-order valence-electron chi connectivity index (χ4n) is 1.80. The van der Waals surface area contributed by atoms with E-state index in [0.29, 0.717) is 12.1 Å². The lowest BCUT2D eigenvalue weighted by atomic mass is 10.2. The number of hydrogen-bond donors (Lipinski definition) is 2.